The number of carbonyl (C=O) groups excluding carboxylic acids is 1. The maximum atomic E-state index is 12.2. The zero-order chi connectivity index (χ0) is 16.6. The van der Waals surface area contributed by atoms with Crippen LogP contribution in [0.15, 0.2) is 29.0 Å². The number of nitrogens with zero attached hydrogens (tertiary/aromatic N) is 4. The summed E-state index contributed by atoms with van der Waals surface area (Å²) in [6.45, 7) is 0. The highest BCUT2D eigenvalue weighted by Crippen LogP contribution is 2.29. The molecule has 2 heterocycles. The van der Waals surface area contributed by atoms with Crippen LogP contribution in [0.5, 0.6) is 0 Å². The van der Waals surface area contributed by atoms with Crippen molar-refractivity contribution in [3.63, 3.8) is 0 Å². The highest BCUT2D eigenvalue weighted by molar-refractivity contribution is 9.10. The van der Waals surface area contributed by atoms with E-state index in [1.165, 1.54) is 0 Å². The van der Waals surface area contributed by atoms with Crippen molar-refractivity contribution in [1.29, 1.82) is 0 Å². The Morgan fingerprint density at radius 3 is 2.87 bits per heavy atom. The van der Waals surface area contributed by atoms with Crippen molar-refractivity contribution in [2.45, 2.75) is 0 Å². The lowest BCUT2D eigenvalue weighted by Crippen LogP contribution is -2.19. The Kier molecular flexibility index (Phi) is 4.18. The molecule has 7 nitrogen and oxygen atoms in total. The third-order valence-electron chi connectivity index (χ3n) is 3.32. The van der Waals surface area contributed by atoms with E-state index in [4.69, 9.17) is 11.6 Å². The second kappa shape index (κ2) is 6.13. The summed E-state index contributed by atoms with van der Waals surface area (Å²) in [6.07, 6.45) is 3.27. The van der Waals surface area contributed by atoms with E-state index in [0.717, 1.165) is 10.9 Å². The summed E-state index contributed by atoms with van der Waals surface area (Å²) in [5.41, 5.74) is 1.93. The number of nitrogens with one attached hydrogen (secondary N) is 2. The van der Waals surface area contributed by atoms with Gasteiger partial charge in [-0.2, -0.15) is 10.1 Å². The molecule has 3 rings (SSSR count). The first-order chi connectivity index (χ1) is 11.0. The molecule has 3 aromatic rings. The molecule has 23 heavy (non-hydrogen) atoms. The molecule has 0 unspecified atom stereocenters. The first-order valence-electron chi connectivity index (χ1n) is 6.62. The van der Waals surface area contributed by atoms with Crippen LogP contribution in [0.1, 0.15) is 10.4 Å². The molecule has 2 N–H and O–H groups in total. The summed E-state index contributed by atoms with van der Waals surface area (Å²) in [4.78, 5) is 20.2. The van der Waals surface area contributed by atoms with Gasteiger partial charge in [0, 0.05) is 25.7 Å². The minimum Gasteiger partial charge on any atom is -0.355 e. The van der Waals surface area contributed by atoms with Crippen molar-refractivity contribution >= 4 is 55.8 Å². The van der Waals surface area contributed by atoms with Crippen LogP contribution in [0.25, 0.3) is 10.9 Å². The van der Waals surface area contributed by atoms with Gasteiger partial charge in [0.15, 0.2) is 0 Å². The number of hydrogen-bond acceptors (Lipinski definition) is 5. The summed E-state index contributed by atoms with van der Waals surface area (Å²) < 4.78 is 2.35. The van der Waals surface area contributed by atoms with Crippen LogP contribution in [-0.2, 0) is 7.05 Å². The largest absolute Gasteiger partial charge is 0.355 e. The van der Waals surface area contributed by atoms with E-state index in [1.54, 1.807) is 30.2 Å². The predicted octanol–water partition coefficient (Wildman–Crippen LogP) is 2.88. The maximum absolute atomic E-state index is 12.2. The van der Waals surface area contributed by atoms with Crippen LogP contribution >= 0.6 is 27.5 Å². The van der Waals surface area contributed by atoms with Crippen molar-refractivity contribution < 1.29 is 4.79 Å². The van der Waals surface area contributed by atoms with Gasteiger partial charge < -0.3 is 10.6 Å². The molecular formula is C14H12BrClN6O. The van der Waals surface area contributed by atoms with E-state index in [-0.39, 0.29) is 11.2 Å². The van der Waals surface area contributed by atoms with Gasteiger partial charge in [0.25, 0.3) is 5.91 Å². The molecule has 0 saturated heterocycles. The molecule has 0 radical (unpaired) electrons. The van der Waals surface area contributed by atoms with Crippen molar-refractivity contribution in [1.82, 2.24) is 25.1 Å². The molecule has 0 aliphatic rings. The Bertz CT molecular complexity index is 910. The third kappa shape index (κ3) is 2.99. The molecule has 0 atom stereocenters. The Labute approximate surface area is 145 Å². The fourth-order valence-electron chi connectivity index (χ4n) is 2.19. The lowest BCUT2D eigenvalue weighted by Gasteiger charge is -2.12. The van der Waals surface area contributed by atoms with Crippen molar-refractivity contribution in [2.24, 2.45) is 7.05 Å². The standard InChI is InChI=1S/C14H12BrClN6O/c1-17-13(23)8-4-11-7(5-19-22(11)2)3-10(8)20-12-9(15)6-18-14(16)21-12/h3-6H,1-2H3,(H,17,23)(H,18,20,21). The first kappa shape index (κ1) is 15.7. The Hall–Kier alpha value is -2.19. The summed E-state index contributed by atoms with van der Waals surface area (Å²) in [5, 5.41) is 11.0. The zero-order valence-electron chi connectivity index (χ0n) is 12.3. The molecule has 0 saturated carbocycles. The van der Waals surface area contributed by atoms with Crippen LogP contribution in [-0.4, -0.2) is 32.7 Å². The minimum atomic E-state index is -0.216. The van der Waals surface area contributed by atoms with Crippen molar-refractivity contribution in [3.05, 3.63) is 39.8 Å². The Morgan fingerprint density at radius 1 is 1.35 bits per heavy atom. The van der Waals surface area contributed by atoms with Crippen LogP contribution in [0.2, 0.25) is 5.28 Å². The van der Waals surface area contributed by atoms with Crippen molar-refractivity contribution in [3.8, 4) is 0 Å². The lowest BCUT2D eigenvalue weighted by molar-refractivity contribution is 0.0964. The van der Waals surface area contributed by atoms with E-state index in [1.807, 2.05) is 13.1 Å². The molecule has 0 aliphatic carbocycles. The molecule has 0 bridgehead atoms. The van der Waals surface area contributed by atoms with Gasteiger partial charge in [-0.1, -0.05) is 0 Å². The van der Waals surface area contributed by atoms with Crippen LogP contribution in [0.3, 0.4) is 0 Å². The number of rotatable bonds is 3. The zero-order valence-corrected chi connectivity index (χ0v) is 14.6. The van der Waals surface area contributed by atoms with Gasteiger partial charge in [-0.05, 0) is 39.7 Å². The number of fused-ring (bicyclic) bond motifs is 1. The first-order valence-corrected chi connectivity index (χ1v) is 7.79. The lowest BCUT2D eigenvalue weighted by atomic mass is 10.1. The molecule has 0 spiro atoms. The highest BCUT2D eigenvalue weighted by Gasteiger charge is 2.15. The fourth-order valence-corrected chi connectivity index (χ4v) is 2.61. The van der Waals surface area contributed by atoms with Gasteiger partial charge >= 0.3 is 0 Å². The molecule has 0 aliphatic heterocycles. The molecule has 0 fully saturated rings. The highest BCUT2D eigenvalue weighted by atomic mass is 79.9. The third-order valence-corrected chi connectivity index (χ3v) is 4.09. The Morgan fingerprint density at radius 2 is 2.13 bits per heavy atom. The normalized spacial score (nSPS) is 10.8. The average Bonchev–Trinajstić information content (AvgIpc) is 2.90. The number of amides is 1. The number of halogens is 2. The number of hydrogen-bond donors (Lipinski definition) is 2. The number of aryl methyl sites for hydroxylation is 1. The molecule has 1 aromatic carbocycles. The number of carbonyl (C=O) groups is 1. The smallest absolute Gasteiger partial charge is 0.253 e. The quantitative estimate of drug-likeness (QED) is 0.666. The second-order valence-electron chi connectivity index (χ2n) is 4.76. The van der Waals surface area contributed by atoms with Gasteiger partial charge in [-0.25, -0.2) is 4.98 Å². The number of aromatic nitrogens is 4. The van der Waals surface area contributed by atoms with E-state index < -0.39 is 0 Å². The van der Waals surface area contributed by atoms with Crippen LogP contribution in [0.4, 0.5) is 11.5 Å². The van der Waals surface area contributed by atoms with Gasteiger partial charge in [0.1, 0.15) is 5.82 Å². The van der Waals surface area contributed by atoms with Crippen LogP contribution in [0, 0.1) is 0 Å². The van der Waals surface area contributed by atoms with Gasteiger partial charge in [0.05, 0.1) is 27.4 Å². The summed E-state index contributed by atoms with van der Waals surface area (Å²) in [6, 6.07) is 3.62. The molecule has 9 heteroatoms. The number of benzene rings is 1. The van der Waals surface area contributed by atoms with Crippen LogP contribution < -0.4 is 10.6 Å². The van der Waals surface area contributed by atoms with Gasteiger partial charge in [0.2, 0.25) is 5.28 Å². The molecule has 2 aromatic heterocycles. The fraction of sp³-hybridized carbons (Fsp3) is 0.143. The monoisotopic (exact) mass is 394 g/mol. The van der Waals surface area contributed by atoms with Gasteiger partial charge in [-0.15, -0.1) is 0 Å². The summed E-state index contributed by atoms with van der Waals surface area (Å²) in [7, 11) is 3.40. The SMILES string of the molecule is CNC(=O)c1cc2c(cnn2C)cc1Nc1nc(Cl)ncc1Br. The Balaban J connectivity index is 2.14. The maximum Gasteiger partial charge on any atom is 0.253 e. The molecular weight excluding hydrogens is 384 g/mol. The van der Waals surface area contributed by atoms with E-state index in [0.29, 0.717) is 21.5 Å². The van der Waals surface area contributed by atoms with E-state index in [2.05, 4.69) is 41.6 Å². The molecule has 118 valence electrons. The summed E-state index contributed by atoms with van der Waals surface area (Å²) in [5.74, 6) is 0.255. The van der Waals surface area contributed by atoms with E-state index in [9.17, 15) is 4.79 Å². The minimum absolute atomic E-state index is 0.111. The number of anilines is 2. The average molecular weight is 396 g/mol. The van der Waals surface area contributed by atoms with E-state index >= 15 is 0 Å². The van der Waals surface area contributed by atoms with Gasteiger partial charge in [-0.3, -0.25) is 9.48 Å². The topological polar surface area (TPSA) is 84.7 Å². The summed E-state index contributed by atoms with van der Waals surface area (Å²) >= 11 is 9.19. The predicted molar refractivity (Wildman–Crippen MR) is 92.1 cm³/mol. The van der Waals surface area contributed by atoms with Crippen molar-refractivity contribution in [2.75, 3.05) is 12.4 Å². The molecule has 1 amide bonds. The second-order valence-corrected chi connectivity index (χ2v) is 5.96.